The molecule has 0 unspecified atom stereocenters. The number of fused-ring (bicyclic) bond motifs is 1. The second kappa shape index (κ2) is 7.78. The van der Waals surface area contributed by atoms with Crippen LogP contribution in [0.4, 0.5) is 0 Å². The van der Waals surface area contributed by atoms with E-state index in [0.717, 1.165) is 25.8 Å². The van der Waals surface area contributed by atoms with Gasteiger partial charge in [0.1, 0.15) is 0 Å². The fourth-order valence-electron chi connectivity index (χ4n) is 2.51. The predicted octanol–water partition coefficient (Wildman–Crippen LogP) is 0.817. The Morgan fingerprint density at radius 1 is 1.19 bits per heavy atom. The number of hydrogen-bond donors (Lipinski definition) is 2. The molecule has 2 rings (SSSR count). The molecule has 0 saturated carbocycles. The smallest absolute Gasteiger partial charge is 0.242 e. The molecule has 0 bridgehead atoms. The molecular weight excluding hydrogens is 266 g/mol. The average molecular weight is 289 g/mol. The molecule has 21 heavy (non-hydrogen) atoms. The Labute approximate surface area is 125 Å². The molecule has 1 aromatic rings. The number of benzene rings is 1. The van der Waals surface area contributed by atoms with Crippen molar-refractivity contribution < 1.29 is 9.59 Å². The number of carbonyl (C=O) groups excluding carboxylic acids is 2. The molecular formula is C16H23N3O2. The summed E-state index contributed by atoms with van der Waals surface area (Å²) in [5.74, 6) is -0.0918. The van der Waals surface area contributed by atoms with Gasteiger partial charge in [-0.1, -0.05) is 24.3 Å². The van der Waals surface area contributed by atoms with Crippen molar-refractivity contribution in [1.82, 2.24) is 10.2 Å². The van der Waals surface area contributed by atoms with Gasteiger partial charge in [0.05, 0.1) is 6.54 Å². The maximum absolute atomic E-state index is 12.1. The second-order valence-electron chi connectivity index (χ2n) is 5.36. The first-order chi connectivity index (χ1) is 10.2. The highest BCUT2D eigenvalue weighted by atomic mass is 16.2. The van der Waals surface area contributed by atoms with Gasteiger partial charge in [-0.2, -0.15) is 0 Å². The van der Waals surface area contributed by atoms with Crippen molar-refractivity contribution in [3.05, 3.63) is 35.4 Å². The minimum Gasteiger partial charge on any atom is -0.347 e. The van der Waals surface area contributed by atoms with Crippen LogP contribution < -0.4 is 11.1 Å². The zero-order valence-corrected chi connectivity index (χ0v) is 12.3. The first kappa shape index (κ1) is 15.5. The third-order valence-corrected chi connectivity index (χ3v) is 3.78. The van der Waals surface area contributed by atoms with E-state index >= 15 is 0 Å². The molecule has 0 aliphatic carbocycles. The fraction of sp³-hybridized carbons (Fsp3) is 0.500. The van der Waals surface area contributed by atoms with Crippen molar-refractivity contribution in [3.8, 4) is 0 Å². The van der Waals surface area contributed by atoms with E-state index in [1.54, 1.807) is 0 Å². The van der Waals surface area contributed by atoms with Gasteiger partial charge in [0.25, 0.3) is 0 Å². The highest BCUT2D eigenvalue weighted by Gasteiger charge is 2.20. The predicted molar refractivity (Wildman–Crippen MR) is 81.5 cm³/mol. The topological polar surface area (TPSA) is 75.4 Å². The van der Waals surface area contributed by atoms with Crippen LogP contribution in [0.25, 0.3) is 0 Å². The summed E-state index contributed by atoms with van der Waals surface area (Å²) in [6.07, 6.45) is 2.93. The van der Waals surface area contributed by atoms with Crippen LogP contribution in [-0.4, -0.2) is 36.3 Å². The van der Waals surface area contributed by atoms with Gasteiger partial charge in [-0.25, -0.2) is 0 Å². The number of hydrogen-bond acceptors (Lipinski definition) is 3. The Morgan fingerprint density at radius 2 is 1.95 bits per heavy atom. The molecule has 1 heterocycles. The van der Waals surface area contributed by atoms with Crippen molar-refractivity contribution in [2.24, 2.45) is 5.73 Å². The van der Waals surface area contributed by atoms with Crippen LogP contribution in [0.2, 0.25) is 0 Å². The van der Waals surface area contributed by atoms with E-state index in [0.29, 0.717) is 19.5 Å². The molecule has 0 spiro atoms. The van der Waals surface area contributed by atoms with Crippen molar-refractivity contribution in [1.29, 1.82) is 0 Å². The van der Waals surface area contributed by atoms with Crippen molar-refractivity contribution in [2.75, 3.05) is 19.6 Å². The average Bonchev–Trinajstić information content (AvgIpc) is 2.52. The van der Waals surface area contributed by atoms with Gasteiger partial charge in [-0.3, -0.25) is 9.59 Å². The van der Waals surface area contributed by atoms with Gasteiger partial charge in [0.2, 0.25) is 11.8 Å². The van der Waals surface area contributed by atoms with Crippen LogP contribution in [0.3, 0.4) is 0 Å². The van der Waals surface area contributed by atoms with Gasteiger partial charge in [0, 0.05) is 19.5 Å². The largest absolute Gasteiger partial charge is 0.347 e. The molecule has 0 fully saturated rings. The van der Waals surface area contributed by atoms with Crippen LogP contribution in [0.1, 0.15) is 30.4 Å². The highest BCUT2D eigenvalue weighted by molar-refractivity contribution is 5.84. The third-order valence-electron chi connectivity index (χ3n) is 3.78. The first-order valence-electron chi connectivity index (χ1n) is 7.52. The van der Waals surface area contributed by atoms with Crippen LogP contribution in [0.5, 0.6) is 0 Å². The van der Waals surface area contributed by atoms with E-state index in [4.69, 9.17) is 5.73 Å². The first-order valence-corrected chi connectivity index (χ1v) is 7.52. The molecule has 3 N–H and O–H groups in total. The number of nitrogens with one attached hydrogen (secondary N) is 1. The zero-order chi connectivity index (χ0) is 15.1. The van der Waals surface area contributed by atoms with E-state index in [9.17, 15) is 9.59 Å². The lowest BCUT2D eigenvalue weighted by atomic mass is 10.00. The van der Waals surface area contributed by atoms with Gasteiger partial charge >= 0.3 is 0 Å². The number of nitrogens with two attached hydrogens (primary N) is 1. The lowest BCUT2D eigenvalue weighted by molar-refractivity contribution is -0.133. The van der Waals surface area contributed by atoms with E-state index in [-0.39, 0.29) is 18.4 Å². The molecule has 0 aromatic heterocycles. The van der Waals surface area contributed by atoms with E-state index < -0.39 is 0 Å². The van der Waals surface area contributed by atoms with Crippen LogP contribution in [0, 0.1) is 0 Å². The Bertz CT molecular complexity index is 502. The van der Waals surface area contributed by atoms with Gasteiger partial charge in [-0.05, 0) is 36.9 Å². The zero-order valence-electron chi connectivity index (χ0n) is 12.3. The summed E-state index contributed by atoms with van der Waals surface area (Å²) in [4.78, 5) is 25.5. The van der Waals surface area contributed by atoms with Crippen LogP contribution in [0.15, 0.2) is 24.3 Å². The molecule has 0 atom stereocenters. The number of amides is 2. The molecule has 1 aliphatic rings. The number of carbonyl (C=O) groups is 2. The summed E-state index contributed by atoms with van der Waals surface area (Å²) >= 11 is 0. The molecule has 1 aromatic carbocycles. The molecule has 5 nitrogen and oxygen atoms in total. The summed E-state index contributed by atoms with van der Waals surface area (Å²) < 4.78 is 0. The van der Waals surface area contributed by atoms with Gasteiger partial charge in [-0.15, -0.1) is 0 Å². The Kier molecular flexibility index (Phi) is 5.75. The normalized spacial score (nSPS) is 13.7. The summed E-state index contributed by atoms with van der Waals surface area (Å²) in [7, 11) is 0. The molecule has 114 valence electrons. The molecule has 0 saturated heterocycles. The molecule has 0 radical (unpaired) electrons. The molecule has 5 heteroatoms. The Hall–Kier alpha value is -1.88. The third kappa shape index (κ3) is 4.56. The van der Waals surface area contributed by atoms with Gasteiger partial charge in [0.15, 0.2) is 0 Å². The fourth-order valence-corrected chi connectivity index (χ4v) is 2.51. The SMILES string of the molecule is NCCCCC(=O)NCC(=O)N1CCc2ccccc2C1. The molecule has 1 aliphatic heterocycles. The summed E-state index contributed by atoms with van der Waals surface area (Å²) in [6, 6.07) is 8.18. The molecule has 2 amide bonds. The highest BCUT2D eigenvalue weighted by Crippen LogP contribution is 2.18. The van der Waals surface area contributed by atoms with Crippen molar-refractivity contribution in [3.63, 3.8) is 0 Å². The number of rotatable bonds is 6. The van der Waals surface area contributed by atoms with E-state index in [1.165, 1.54) is 11.1 Å². The van der Waals surface area contributed by atoms with E-state index in [1.807, 2.05) is 17.0 Å². The Balaban J connectivity index is 1.76. The quantitative estimate of drug-likeness (QED) is 0.761. The van der Waals surface area contributed by atoms with Crippen LogP contribution in [-0.2, 0) is 22.6 Å². The maximum Gasteiger partial charge on any atom is 0.242 e. The summed E-state index contributed by atoms with van der Waals surface area (Å²) in [5.41, 5.74) is 7.89. The number of unbranched alkanes of at least 4 members (excludes halogenated alkanes) is 1. The minimum atomic E-state index is -0.0748. The Morgan fingerprint density at radius 3 is 2.71 bits per heavy atom. The van der Waals surface area contributed by atoms with Crippen LogP contribution >= 0.6 is 0 Å². The van der Waals surface area contributed by atoms with Crippen molar-refractivity contribution in [2.45, 2.75) is 32.2 Å². The summed E-state index contributed by atoms with van der Waals surface area (Å²) in [5, 5.41) is 2.69. The van der Waals surface area contributed by atoms with Gasteiger partial charge < -0.3 is 16.0 Å². The minimum absolute atomic E-state index is 0.0170. The van der Waals surface area contributed by atoms with Crippen molar-refractivity contribution >= 4 is 11.8 Å². The number of nitrogens with zero attached hydrogens (tertiary/aromatic N) is 1. The van der Waals surface area contributed by atoms with E-state index in [2.05, 4.69) is 17.4 Å². The lowest BCUT2D eigenvalue weighted by Crippen LogP contribution is -2.42. The standard InChI is InChI=1S/C16H23N3O2/c17-9-4-3-7-15(20)18-11-16(21)19-10-8-13-5-1-2-6-14(13)12-19/h1-2,5-6H,3-4,7-12,17H2,(H,18,20). The second-order valence-corrected chi connectivity index (χ2v) is 5.36. The maximum atomic E-state index is 12.1. The summed E-state index contributed by atoms with van der Waals surface area (Å²) in [6.45, 7) is 2.04. The monoisotopic (exact) mass is 289 g/mol. The lowest BCUT2D eigenvalue weighted by Gasteiger charge is -2.29.